The molecule has 0 N–H and O–H groups in total. The van der Waals surface area contributed by atoms with E-state index in [1.54, 1.807) is 72.8 Å². The third-order valence-electron chi connectivity index (χ3n) is 5.94. The van der Waals surface area contributed by atoms with Crippen molar-refractivity contribution >= 4 is 11.7 Å². The predicted octanol–water partition coefficient (Wildman–Crippen LogP) is 6.42. The van der Waals surface area contributed by atoms with E-state index < -0.39 is 30.3 Å². The lowest BCUT2D eigenvalue weighted by atomic mass is 9.82. The molecule has 0 amide bonds. The van der Waals surface area contributed by atoms with Crippen molar-refractivity contribution in [2.45, 2.75) is 37.5 Å². The van der Waals surface area contributed by atoms with Crippen molar-refractivity contribution in [3.8, 4) is 18.1 Å². The van der Waals surface area contributed by atoms with Gasteiger partial charge in [-0.3, -0.25) is 0 Å². The number of hydrogen-bond acceptors (Lipinski definition) is 4. The molecule has 1 atom stereocenters. The molecule has 0 aliphatic heterocycles. The third-order valence-corrected chi connectivity index (χ3v) is 5.94. The lowest BCUT2D eigenvalue weighted by Gasteiger charge is -2.46. The van der Waals surface area contributed by atoms with E-state index in [4.69, 9.17) is 15.9 Å². The Labute approximate surface area is 211 Å². The first-order chi connectivity index (χ1) is 17.4. The number of rotatable bonds is 12. The number of benzene rings is 3. The summed E-state index contributed by atoms with van der Waals surface area (Å²) in [5, 5.41) is 0. The first kappa shape index (κ1) is 26.5. The molecular weight excluding hydrogens is 460 g/mol. The summed E-state index contributed by atoms with van der Waals surface area (Å²) in [6.07, 6.45) is 5.38. The van der Waals surface area contributed by atoms with E-state index >= 15 is 8.78 Å². The normalized spacial score (nSPS) is 12.6. The van der Waals surface area contributed by atoms with Gasteiger partial charge in [-0.1, -0.05) is 66.7 Å². The van der Waals surface area contributed by atoms with Crippen LogP contribution < -0.4 is 9.64 Å². The molecule has 0 spiro atoms. The maximum absolute atomic E-state index is 16.2. The van der Waals surface area contributed by atoms with E-state index in [-0.39, 0.29) is 13.2 Å². The highest BCUT2D eigenvalue weighted by Crippen LogP contribution is 2.44. The van der Waals surface area contributed by atoms with Crippen LogP contribution in [0.4, 0.5) is 14.5 Å². The fourth-order valence-electron chi connectivity index (χ4n) is 4.07. The smallest absolute Gasteiger partial charge is 0.339 e. The zero-order valence-corrected chi connectivity index (χ0v) is 20.2. The molecule has 6 heteroatoms. The fraction of sp³-hybridized carbons (Fsp3) is 0.233. The van der Waals surface area contributed by atoms with Crippen LogP contribution in [0, 0.1) is 12.3 Å². The van der Waals surface area contributed by atoms with Crippen LogP contribution in [0.15, 0.2) is 97.6 Å². The van der Waals surface area contributed by atoms with E-state index in [2.05, 4.69) is 12.5 Å². The van der Waals surface area contributed by atoms with Crippen molar-refractivity contribution in [3.05, 3.63) is 109 Å². The summed E-state index contributed by atoms with van der Waals surface area (Å²) in [5.74, 6) is -1.84. The van der Waals surface area contributed by atoms with Crippen molar-refractivity contribution < 1.29 is 23.0 Å². The second kappa shape index (κ2) is 12.0. The average Bonchev–Trinajstić information content (AvgIpc) is 2.90. The standard InChI is InChI=1S/C30H29F2NO3/c1-4-20-29(30(31,32)21-5-2,28(34)36-23-25-14-10-7-11-15-25)33(22-24-12-8-6-9-13-24)26-16-18-27(35-3)19-17-26/h1,5-19H,2,20-23H2,3H3. The molecule has 0 bridgehead atoms. The van der Waals surface area contributed by atoms with Gasteiger partial charge in [-0.2, -0.15) is 0 Å². The topological polar surface area (TPSA) is 38.8 Å². The number of halogens is 2. The number of nitrogens with zero attached hydrogens (tertiary/aromatic N) is 1. The van der Waals surface area contributed by atoms with Crippen LogP contribution >= 0.6 is 0 Å². The zero-order valence-electron chi connectivity index (χ0n) is 20.2. The summed E-state index contributed by atoms with van der Waals surface area (Å²) in [7, 11) is 1.51. The van der Waals surface area contributed by atoms with Crippen molar-refractivity contribution in [2.24, 2.45) is 0 Å². The minimum Gasteiger partial charge on any atom is -0.497 e. The minimum absolute atomic E-state index is 0.0119. The SMILES string of the molecule is C#CCC(C(=O)OCc1ccccc1)(N(Cc1ccccc1)c1ccc(OC)cc1)C(F)(F)CC=C. The minimum atomic E-state index is -3.61. The van der Waals surface area contributed by atoms with Gasteiger partial charge in [-0.15, -0.1) is 18.9 Å². The molecule has 0 aliphatic rings. The number of carbonyl (C=O) groups is 1. The number of alkyl halides is 2. The van der Waals surface area contributed by atoms with Gasteiger partial charge >= 0.3 is 5.97 Å². The molecule has 3 aromatic carbocycles. The average molecular weight is 490 g/mol. The van der Waals surface area contributed by atoms with Gasteiger partial charge in [0, 0.05) is 25.1 Å². The predicted molar refractivity (Wildman–Crippen MR) is 138 cm³/mol. The second-order valence-corrected chi connectivity index (χ2v) is 8.27. The Hall–Kier alpha value is -4.11. The highest BCUT2D eigenvalue weighted by molar-refractivity contribution is 5.88. The van der Waals surface area contributed by atoms with Gasteiger partial charge in [0.15, 0.2) is 0 Å². The number of anilines is 1. The molecule has 0 saturated carbocycles. The van der Waals surface area contributed by atoms with Gasteiger partial charge in [-0.05, 0) is 35.4 Å². The maximum atomic E-state index is 16.2. The summed E-state index contributed by atoms with van der Waals surface area (Å²) in [4.78, 5) is 15.1. The molecule has 186 valence electrons. The molecule has 3 rings (SSSR count). The van der Waals surface area contributed by atoms with Crippen molar-refractivity contribution in [1.29, 1.82) is 0 Å². The zero-order chi connectivity index (χ0) is 26.0. The Morgan fingerprint density at radius 3 is 2.11 bits per heavy atom. The molecule has 0 saturated heterocycles. The molecule has 4 nitrogen and oxygen atoms in total. The fourth-order valence-corrected chi connectivity index (χ4v) is 4.07. The first-order valence-corrected chi connectivity index (χ1v) is 11.5. The van der Waals surface area contributed by atoms with Gasteiger partial charge in [0.2, 0.25) is 5.54 Å². The first-order valence-electron chi connectivity index (χ1n) is 11.5. The van der Waals surface area contributed by atoms with E-state index in [1.807, 2.05) is 12.1 Å². The van der Waals surface area contributed by atoms with Crippen molar-refractivity contribution in [1.82, 2.24) is 0 Å². The summed E-state index contributed by atoms with van der Waals surface area (Å²) in [5.41, 5.74) is -0.739. The highest BCUT2D eigenvalue weighted by atomic mass is 19.3. The molecule has 0 aliphatic carbocycles. The van der Waals surface area contributed by atoms with Crippen molar-refractivity contribution in [2.75, 3.05) is 12.0 Å². The van der Waals surface area contributed by atoms with Crippen LogP contribution in [-0.2, 0) is 22.7 Å². The van der Waals surface area contributed by atoms with Crippen LogP contribution in [0.25, 0.3) is 0 Å². The molecule has 0 aromatic heterocycles. The van der Waals surface area contributed by atoms with Gasteiger partial charge in [-0.25, -0.2) is 13.6 Å². The molecule has 36 heavy (non-hydrogen) atoms. The van der Waals surface area contributed by atoms with Crippen LogP contribution in [-0.4, -0.2) is 24.5 Å². The molecule has 0 heterocycles. The van der Waals surface area contributed by atoms with E-state index in [0.29, 0.717) is 17.0 Å². The Balaban J connectivity index is 2.17. The van der Waals surface area contributed by atoms with Gasteiger partial charge < -0.3 is 14.4 Å². The quantitative estimate of drug-likeness (QED) is 0.167. The number of allylic oxidation sites excluding steroid dienone is 1. The third kappa shape index (κ3) is 5.75. The summed E-state index contributed by atoms with van der Waals surface area (Å²) < 4.78 is 43.1. The molecule has 1 unspecified atom stereocenters. The number of carbonyl (C=O) groups excluding carboxylic acids is 1. The lowest BCUT2D eigenvalue weighted by molar-refractivity contribution is -0.169. The maximum Gasteiger partial charge on any atom is 0.339 e. The number of methoxy groups -OCH3 is 1. The monoisotopic (exact) mass is 489 g/mol. The summed E-state index contributed by atoms with van der Waals surface area (Å²) in [6.45, 7) is 3.31. The largest absolute Gasteiger partial charge is 0.497 e. The van der Waals surface area contributed by atoms with E-state index in [0.717, 1.165) is 11.6 Å². The van der Waals surface area contributed by atoms with E-state index in [1.165, 1.54) is 12.0 Å². The molecular formula is C30H29F2NO3. The number of terminal acetylenes is 1. The van der Waals surface area contributed by atoms with Crippen LogP contribution in [0.3, 0.4) is 0 Å². The van der Waals surface area contributed by atoms with Crippen LogP contribution in [0.5, 0.6) is 5.75 Å². The number of hydrogen-bond donors (Lipinski definition) is 0. The van der Waals surface area contributed by atoms with Gasteiger partial charge in [0.05, 0.1) is 7.11 Å². The van der Waals surface area contributed by atoms with Crippen LogP contribution in [0.2, 0.25) is 0 Å². The van der Waals surface area contributed by atoms with Crippen LogP contribution in [0.1, 0.15) is 24.0 Å². The second-order valence-electron chi connectivity index (χ2n) is 8.27. The molecule has 0 radical (unpaired) electrons. The van der Waals surface area contributed by atoms with E-state index in [9.17, 15) is 4.79 Å². The Bertz CT molecular complexity index is 1170. The summed E-state index contributed by atoms with van der Waals surface area (Å²) >= 11 is 0. The number of ether oxygens (including phenoxy) is 2. The summed E-state index contributed by atoms with van der Waals surface area (Å²) in [6, 6.07) is 24.5. The Morgan fingerprint density at radius 1 is 1.00 bits per heavy atom. The van der Waals surface area contributed by atoms with Crippen molar-refractivity contribution in [3.63, 3.8) is 0 Å². The Morgan fingerprint density at radius 2 is 1.58 bits per heavy atom. The molecule has 0 fully saturated rings. The molecule has 3 aromatic rings. The lowest BCUT2D eigenvalue weighted by Crippen LogP contribution is -2.66. The highest BCUT2D eigenvalue weighted by Gasteiger charge is 2.63. The number of esters is 1. The Kier molecular flexibility index (Phi) is 8.86. The van der Waals surface area contributed by atoms with Gasteiger partial charge in [0.1, 0.15) is 12.4 Å². The van der Waals surface area contributed by atoms with Gasteiger partial charge in [0.25, 0.3) is 5.92 Å².